The summed E-state index contributed by atoms with van der Waals surface area (Å²) in [5, 5.41) is 3.76. The Morgan fingerprint density at radius 2 is 2.11 bits per heavy atom. The molecule has 2 heteroatoms. The molecule has 0 spiro atoms. The Morgan fingerprint density at radius 1 is 1.32 bits per heavy atom. The number of aryl methyl sites for hydroxylation is 1. The molecule has 0 amide bonds. The monoisotopic (exact) mass is 258 g/mol. The molecule has 104 valence electrons. The van der Waals surface area contributed by atoms with Gasteiger partial charge >= 0.3 is 0 Å². The molecule has 1 saturated carbocycles. The Bertz CT molecular complexity index is 448. The van der Waals surface area contributed by atoms with Crippen LogP contribution in [0.5, 0.6) is 0 Å². The van der Waals surface area contributed by atoms with Crippen LogP contribution in [0.3, 0.4) is 0 Å². The van der Waals surface area contributed by atoms with Crippen LogP contribution in [0.2, 0.25) is 0 Å². The van der Waals surface area contributed by atoms with Crippen LogP contribution in [0.15, 0.2) is 24.3 Å². The highest BCUT2D eigenvalue weighted by atomic mass is 15.3. The summed E-state index contributed by atoms with van der Waals surface area (Å²) in [6.07, 6.45) is 2.85. The lowest BCUT2D eigenvalue weighted by Gasteiger charge is -2.46. The summed E-state index contributed by atoms with van der Waals surface area (Å²) in [7, 11) is 0. The smallest absolute Gasteiger partial charge is 0.0281 e. The minimum Gasteiger partial charge on any atom is -0.311 e. The van der Waals surface area contributed by atoms with Crippen molar-refractivity contribution >= 4 is 0 Å². The lowest BCUT2D eigenvalue weighted by molar-refractivity contribution is 0.0534. The number of nitrogens with zero attached hydrogens (tertiary/aromatic N) is 1. The third kappa shape index (κ3) is 3.01. The highest BCUT2D eigenvalue weighted by molar-refractivity contribution is 5.22. The van der Waals surface area contributed by atoms with Crippen molar-refractivity contribution in [3.05, 3.63) is 35.4 Å². The number of nitrogens with one attached hydrogen (secondary N) is 1. The van der Waals surface area contributed by atoms with Gasteiger partial charge in [-0.25, -0.2) is 0 Å². The molecule has 2 aliphatic rings. The molecule has 1 N–H and O–H groups in total. The van der Waals surface area contributed by atoms with Crippen molar-refractivity contribution in [1.82, 2.24) is 10.2 Å². The number of rotatable bonds is 3. The third-order valence-electron chi connectivity index (χ3n) is 4.72. The molecule has 1 atom stereocenters. The lowest BCUT2D eigenvalue weighted by atomic mass is 9.94. The van der Waals surface area contributed by atoms with Gasteiger partial charge in [0.15, 0.2) is 0 Å². The summed E-state index contributed by atoms with van der Waals surface area (Å²) in [5.74, 6) is 0.941. The molecule has 1 aromatic rings. The molecule has 19 heavy (non-hydrogen) atoms. The van der Waals surface area contributed by atoms with Crippen molar-refractivity contribution in [3.8, 4) is 0 Å². The number of benzene rings is 1. The minimum absolute atomic E-state index is 0.259. The highest BCUT2D eigenvalue weighted by Crippen LogP contribution is 2.36. The first kappa shape index (κ1) is 13.1. The molecule has 1 saturated heterocycles. The fourth-order valence-electron chi connectivity index (χ4n) is 3.17. The second-order valence-electron chi connectivity index (χ2n) is 7.01. The van der Waals surface area contributed by atoms with Crippen molar-refractivity contribution < 1.29 is 0 Å². The first-order valence-corrected chi connectivity index (χ1v) is 7.58. The zero-order valence-electron chi connectivity index (χ0n) is 12.4. The molecule has 1 heterocycles. The largest absolute Gasteiger partial charge is 0.311 e. The summed E-state index contributed by atoms with van der Waals surface area (Å²) in [6, 6.07) is 9.66. The van der Waals surface area contributed by atoms with E-state index in [-0.39, 0.29) is 5.54 Å². The van der Waals surface area contributed by atoms with Crippen LogP contribution < -0.4 is 5.32 Å². The molecule has 2 fully saturated rings. The zero-order chi connectivity index (χ0) is 13.5. The van der Waals surface area contributed by atoms with E-state index >= 15 is 0 Å². The number of piperazine rings is 1. The topological polar surface area (TPSA) is 15.3 Å². The van der Waals surface area contributed by atoms with E-state index in [1.54, 1.807) is 0 Å². The van der Waals surface area contributed by atoms with Gasteiger partial charge in [0.05, 0.1) is 0 Å². The van der Waals surface area contributed by atoms with E-state index in [9.17, 15) is 0 Å². The van der Waals surface area contributed by atoms with Crippen molar-refractivity contribution in [3.63, 3.8) is 0 Å². The second-order valence-corrected chi connectivity index (χ2v) is 7.01. The molecule has 1 aliphatic heterocycles. The summed E-state index contributed by atoms with van der Waals surface area (Å²) < 4.78 is 0. The second kappa shape index (κ2) is 4.92. The van der Waals surface area contributed by atoms with E-state index in [1.165, 1.54) is 30.5 Å². The van der Waals surface area contributed by atoms with E-state index in [0.29, 0.717) is 0 Å². The summed E-state index contributed by atoms with van der Waals surface area (Å²) in [6.45, 7) is 10.3. The van der Waals surface area contributed by atoms with Gasteiger partial charge in [0.1, 0.15) is 0 Å². The van der Waals surface area contributed by atoms with Crippen molar-refractivity contribution in [2.24, 2.45) is 5.92 Å². The molecule has 1 aromatic carbocycles. The van der Waals surface area contributed by atoms with Gasteiger partial charge in [-0.15, -0.1) is 0 Å². The summed E-state index contributed by atoms with van der Waals surface area (Å²) >= 11 is 0. The molecule has 1 aliphatic carbocycles. The van der Waals surface area contributed by atoms with Crippen LogP contribution in [0.1, 0.15) is 37.8 Å². The Morgan fingerprint density at radius 3 is 2.79 bits per heavy atom. The highest BCUT2D eigenvalue weighted by Gasteiger charge is 2.40. The predicted molar refractivity (Wildman–Crippen MR) is 80.2 cm³/mol. The maximum atomic E-state index is 3.76. The van der Waals surface area contributed by atoms with Crippen molar-refractivity contribution in [2.75, 3.05) is 13.1 Å². The average Bonchev–Trinajstić information content (AvgIpc) is 3.16. The van der Waals surface area contributed by atoms with Crippen molar-refractivity contribution in [1.29, 1.82) is 0 Å². The van der Waals surface area contributed by atoms with E-state index in [2.05, 4.69) is 55.3 Å². The van der Waals surface area contributed by atoms with E-state index < -0.39 is 0 Å². The van der Waals surface area contributed by atoms with Gasteiger partial charge in [-0.05, 0) is 45.1 Å². The van der Waals surface area contributed by atoms with E-state index in [1.807, 2.05) is 0 Å². The maximum Gasteiger partial charge on any atom is 0.0281 e. The van der Waals surface area contributed by atoms with Gasteiger partial charge in [-0.3, -0.25) is 4.90 Å². The van der Waals surface area contributed by atoms with Gasteiger partial charge in [0.25, 0.3) is 0 Å². The molecule has 3 rings (SSSR count). The minimum atomic E-state index is 0.259. The maximum absolute atomic E-state index is 3.76. The number of hydrogen-bond donors (Lipinski definition) is 1. The Labute approximate surface area is 117 Å². The van der Waals surface area contributed by atoms with Crippen molar-refractivity contribution in [2.45, 2.75) is 51.7 Å². The van der Waals surface area contributed by atoms with Crippen LogP contribution in [-0.4, -0.2) is 29.6 Å². The average molecular weight is 258 g/mol. The summed E-state index contributed by atoms with van der Waals surface area (Å²) in [5.41, 5.74) is 3.07. The fraction of sp³-hybridized carbons (Fsp3) is 0.647. The van der Waals surface area contributed by atoms with Gasteiger partial charge in [-0.1, -0.05) is 29.8 Å². The normalized spacial score (nSPS) is 27.4. The molecular weight excluding hydrogens is 232 g/mol. The van der Waals surface area contributed by atoms with Gasteiger partial charge < -0.3 is 5.32 Å². The quantitative estimate of drug-likeness (QED) is 0.896. The lowest BCUT2D eigenvalue weighted by Crippen LogP contribution is -2.62. The third-order valence-corrected chi connectivity index (χ3v) is 4.72. The molecule has 1 unspecified atom stereocenters. The molecule has 0 aromatic heterocycles. The van der Waals surface area contributed by atoms with Gasteiger partial charge in [0, 0.05) is 31.2 Å². The van der Waals surface area contributed by atoms with E-state index in [0.717, 1.165) is 25.0 Å². The standard InChI is InChI=1S/C17H26N2/c1-13-5-4-6-14(9-13)10-19-11-16(15-7-8-15)18-12-17(19,2)3/h4-6,9,15-16,18H,7-8,10-12H2,1-3H3. The fourth-order valence-corrected chi connectivity index (χ4v) is 3.17. The van der Waals surface area contributed by atoms with Crippen LogP contribution >= 0.6 is 0 Å². The predicted octanol–water partition coefficient (Wildman–Crippen LogP) is 2.96. The molecule has 2 nitrogen and oxygen atoms in total. The van der Waals surface area contributed by atoms with Crippen LogP contribution in [0, 0.1) is 12.8 Å². The molecule has 0 radical (unpaired) electrons. The van der Waals surface area contributed by atoms with Gasteiger partial charge in [0.2, 0.25) is 0 Å². The first-order chi connectivity index (χ1) is 9.04. The Kier molecular flexibility index (Phi) is 3.40. The SMILES string of the molecule is Cc1cccc(CN2CC(C3CC3)NCC2(C)C)c1. The Hall–Kier alpha value is -0.860. The van der Waals surface area contributed by atoms with Crippen LogP contribution in [0.25, 0.3) is 0 Å². The molecule has 0 bridgehead atoms. The first-order valence-electron chi connectivity index (χ1n) is 7.58. The van der Waals surface area contributed by atoms with Crippen LogP contribution in [0.4, 0.5) is 0 Å². The number of hydrogen-bond acceptors (Lipinski definition) is 2. The zero-order valence-corrected chi connectivity index (χ0v) is 12.4. The van der Waals surface area contributed by atoms with Crippen LogP contribution in [-0.2, 0) is 6.54 Å². The van der Waals surface area contributed by atoms with E-state index in [4.69, 9.17) is 0 Å². The summed E-state index contributed by atoms with van der Waals surface area (Å²) in [4.78, 5) is 2.67. The van der Waals surface area contributed by atoms with Gasteiger partial charge in [-0.2, -0.15) is 0 Å². The molecular formula is C17H26N2. The Balaban J connectivity index is 1.72.